The van der Waals surface area contributed by atoms with Gasteiger partial charge in [-0.25, -0.2) is 38.7 Å². The SMILES string of the molecule is CCNC(=O)c1cc(Br)cc(C)c1NC(=O)c1cc(Br)nn1-c1ncccc1Cl.CNC(=O)c1cc(Br)cc(C)c1NC(=O)c1cc(Br)nn1-c1ncccc1Cl.Cc1cc(Br)cc(C(=O)NC(C)(C)C)c1NC(=O)c1cc(C(F)(F)F)nn1-c1ncccc1Cl.Cc1cc(Br)cc(C(=O)NC(C)C)c1NC(=O)c1cc(C(F)(F)F)nn1-c1ncccc1Cl. The standard InChI is InChI=1S/C22H20BrClF3N5O2.C21H18BrClF3N5O2.C19H16Br2ClN5O2.C18H14Br2ClN5O2/c1-11-8-12(23)9-13(19(33)30-21(2,3)4)17(11)29-20(34)15-10-16(22(25,26)27)31-32(15)18-14(24)6-5-7-28-18;1-10(2)28-19(32)13-8-12(22)7-11(3)17(13)29-20(33)15-9-16(21(24,25)26)30-31(15)18-14(23)5-4-6-27-18;1-3-23-18(28)12-8-11(20)7-10(2)16(12)25-19(29)14-9-15(21)26-27(14)17-13(22)5-4-6-24-17;1-9-6-10(19)7-11(17(27)22-2)15(9)24-18(28)13-8-14(20)25-26(13)16-12(21)4-3-5-23-16/h5-10H,1-4H3,(H,29,34)(H,30,33);4-10H,1-3H3,(H,28,32)(H,29,33);4-9H,3H2,1-2H3,(H,23,28)(H,25,29);3-8H,1-2H3,(H,22,27)(H,24,28). The molecule has 648 valence electrons. The van der Waals surface area contributed by atoms with Crippen LogP contribution in [0.5, 0.6) is 0 Å². The van der Waals surface area contributed by atoms with Crippen molar-refractivity contribution in [3.05, 3.63) is 272 Å². The molecular weight excluding hydrogens is 2100 g/mol. The minimum atomic E-state index is -4.81. The number of rotatable bonds is 18. The fourth-order valence-corrected chi connectivity index (χ4v) is 15.2. The molecule has 0 aliphatic heterocycles. The normalized spacial score (nSPS) is 11.2. The van der Waals surface area contributed by atoms with Crippen molar-refractivity contribution in [1.29, 1.82) is 0 Å². The monoisotopic (exact) mass is 2160 g/mol. The highest BCUT2D eigenvalue weighted by Gasteiger charge is 2.39. The van der Waals surface area contributed by atoms with E-state index in [1.165, 1.54) is 65.2 Å². The number of hydrogen-bond donors (Lipinski definition) is 8. The molecule has 12 rings (SSSR count). The van der Waals surface area contributed by atoms with Crippen LogP contribution in [0.2, 0.25) is 20.1 Å². The number of anilines is 4. The number of carbonyl (C=O) groups excluding carboxylic acids is 8. The number of aryl methyl sites for hydroxylation is 4. The van der Waals surface area contributed by atoms with Gasteiger partial charge in [-0.2, -0.15) is 46.7 Å². The Morgan fingerprint density at radius 1 is 0.395 bits per heavy atom. The largest absolute Gasteiger partial charge is 0.435 e. The number of carbonyl (C=O) groups is 8. The van der Waals surface area contributed by atoms with Gasteiger partial charge in [0.1, 0.15) is 32.0 Å². The van der Waals surface area contributed by atoms with Crippen LogP contribution in [0.1, 0.15) is 159 Å². The molecule has 12 aromatic rings. The zero-order valence-corrected chi connectivity index (χ0v) is 78.9. The molecule has 0 atom stereocenters. The molecule has 0 saturated carbocycles. The van der Waals surface area contributed by atoms with Gasteiger partial charge in [-0.15, -0.1) is 0 Å². The third kappa shape index (κ3) is 24.6. The molecule has 0 saturated heterocycles. The number of nitrogens with zero attached hydrogens (tertiary/aromatic N) is 12. The van der Waals surface area contributed by atoms with Crippen LogP contribution in [0.15, 0.2) is 173 Å². The Morgan fingerprint density at radius 2 is 0.669 bits per heavy atom. The number of benzene rings is 4. The summed E-state index contributed by atoms with van der Waals surface area (Å²) < 4.78 is 88.0. The lowest BCUT2D eigenvalue weighted by Gasteiger charge is -2.22. The predicted octanol–water partition coefficient (Wildman–Crippen LogP) is 20.3. The van der Waals surface area contributed by atoms with Crippen molar-refractivity contribution in [3.8, 4) is 23.3 Å². The van der Waals surface area contributed by atoms with E-state index in [1.54, 1.807) is 128 Å². The molecule has 0 radical (unpaired) electrons. The summed E-state index contributed by atoms with van der Waals surface area (Å²) in [5.74, 6) is -3.96. The van der Waals surface area contributed by atoms with Crippen LogP contribution in [-0.2, 0) is 12.4 Å². The molecule has 4 aromatic carbocycles. The summed E-state index contributed by atoms with van der Waals surface area (Å²) >= 11 is 44.6. The van der Waals surface area contributed by atoms with Gasteiger partial charge in [-0.1, -0.05) is 110 Å². The van der Waals surface area contributed by atoms with E-state index < -0.39 is 76.1 Å². The molecule has 8 aromatic heterocycles. The lowest BCUT2D eigenvalue weighted by Crippen LogP contribution is -2.41. The third-order valence-electron chi connectivity index (χ3n) is 16.7. The van der Waals surface area contributed by atoms with Crippen molar-refractivity contribution in [3.63, 3.8) is 0 Å². The maximum Gasteiger partial charge on any atom is 0.435 e. The molecule has 28 nitrogen and oxygen atoms in total. The van der Waals surface area contributed by atoms with Crippen LogP contribution in [0.25, 0.3) is 23.3 Å². The van der Waals surface area contributed by atoms with E-state index in [4.69, 9.17) is 46.4 Å². The van der Waals surface area contributed by atoms with Crippen LogP contribution in [-0.4, -0.2) is 131 Å². The van der Waals surface area contributed by atoms with Crippen molar-refractivity contribution >= 4 is 212 Å². The van der Waals surface area contributed by atoms with E-state index >= 15 is 0 Å². The van der Waals surface area contributed by atoms with Crippen molar-refractivity contribution in [1.82, 2.24) is 80.3 Å². The van der Waals surface area contributed by atoms with Gasteiger partial charge in [0.05, 0.1) is 65.1 Å². The lowest BCUT2D eigenvalue weighted by atomic mass is 10.0. The van der Waals surface area contributed by atoms with Crippen LogP contribution < -0.4 is 42.5 Å². The molecule has 8 N–H and O–H groups in total. The molecule has 0 unspecified atom stereocenters. The van der Waals surface area contributed by atoms with Crippen LogP contribution >= 0.6 is 142 Å². The topological polar surface area (TPSA) is 356 Å². The molecule has 44 heteroatoms. The first kappa shape index (κ1) is 97.5. The minimum Gasteiger partial charge on any atom is -0.355 e. The first-order valence-corrected chi connectivity index (χ1v) is 42.3. The second-order valence-corrected chi connectivity index (χ2v) is 34.5. The van der Waals surface area contributed by atoms with Gasteiger partial charge >= 0.3 is 12.4 Å². The summed E-state index contributed by atoms with van der Waals surface area (Å²) in [5, 5.41) is 37.9. The van der Waals surface area contributed by atoms with E-state index in [1.807, 2.05) is 26.0 Å². The number of pyridine rings is 4. The van der Waals surface area contributed by atoms with Crippen molar-refractivity contribution in [2.45, 2.75) is 93.2 Å². The molecule has 8 heterocycles. The molecule has 0 aliphatic rings. The summed E-state index contributed by atoms with van der Waals surface area (Å²) in [6, 6.07) is 29.9. The summed E-state index contributed by atoms with van der Waals surface area (Å²) in [7, 11) is 1.53. The van der Waals surface area contributed by atoms with E-state index in [9.17, 15) is 64.7 Å². The molecule has 8 amide bonds. The second kappa shape index (κ2) is 41.7. The van der Waals surface area contributed by atoms with E-state index in [0.717, 1.165) is 29.4 Å². The Balaban J connectivity index is 0.000000188. The predicted molar refractivity (Wildman–Crippen MR) is 479 cm³/mol. The van der Waals surface area contributed by atoms with Crippen LogP contribution in [0, 0.1) is 27.7 Å². The first-order valence-electron chi connectivity index (χ1n) is 36.1. The Labute approximate surface area is 773 Å². The van der Waals surface area contributed by atoms with E-state index in [-0.39, 0.29) is 73.4 Å². The van der Waals surface area contributed by atoms with Crippen molar-refractivity contribution in [2.24, 2.45) is 0 Å². The lowest BCUT2D eigenvalue weighted by molar-refractivity contribution is -0.142. The summed E-state index contributed by atoms with van der Waals surface area (Å²) in [5.41, 5.74) is 0.912. The first-order chi connectivity index (χ1) is 58.2. The number of aromatic nitrogens is 12. The maximum absolute atomic E-state index is 13.4. The molecule has 0 spiro atoms. The van der Waals surface area contributed by atoms with Crippen LogP contribution in [0.3, 0.4) is 0 Å². The van der Waals surface area contributed by atoms with Gasteiger partial charge < -0.3 is 42.5 Å². The highest BCUT2D eigenvalue weighted by atomic mass is 79.9. The summed E-state index contributed by atoms with van der Waals surface area (Å²) in [6.07, 6.45) is -3.88. The number of alkyl halides is 6. The average Bonchev–Trinajstić information content (AvgIpc) is 1.29. The fourth-order valence-electron chi connectivity index (χ4n) is 11.4. The Hall–Kier alpha value is -10.3. The number of nitrogens with one attached hydrogen (secondary N) is 8. The van der Waals surface area contributed by atoms with Crippen molar-refractivity contribution in [2.75, 3.05) is 34.9 Å². The van der Waals surface area contributed by atoms with Crippen LogP contribution in [0.4, 0.5) is 49.1 Å². The van der Waals surface area contributed by atoms with E-state index in [2.05, 4.69) is 178 Å². The van der Waals surface area contributed by atoms with Gasteiger partial charge in [-0.05, 0) is 220 Å². The van der Waals surface area contributed by atoms with E-state index in [0.29, 0.717) is 92.1 Å². The molecule has 0 fully saturated rings. The number of hydrogen-bond acceptors (Lipinski definition) is 16. The van der Waals surface area contributed by atoms with Gasteiger partial charge in [0.15, 0.2) is 34.7 Å². The molecule has 0 bridgehead atoms. The highest BCUT2D eigenvalue weighted by Crippen LogP contribution is 2.37. The Morgan fingerprint density at radius 3 is 0.935 bits per heavy atom. The van der Waals surface area contributed by atoms with Gasteiger partial charge in [0.2, 0.25) is 0 Å². The highest BCUT2D eigenvalue weighted by molar-refractivity contribution is 9.11. The molecular formula is C80H68Br6Cl4F6N20O8. The van der Waals surface area contributed by atoms with Gasteiger partial charge in [-0.3, -0.25) is 38.4 Å². The quantitative estimate of drug-likeness (QED) is 0.0370. The van der Waals surface area contributed by atoms with Crippen molar-refractivity contribution < 1.29 is 64.7 Å². The fraction of sp³-hybridized carbons (Fsp3) is 0.200. The minimum absolute atomic E-state index is 0.000182. The third-order valence-corrected chi connectivity index (χ3v) is 20.4. The summed E-state index contributed by atoms with van der Waals surface area (Å²) in [6.45, 7) is 18.1. The van der Waals surface area contributed by atoms with Gasteiger partial charge in [0, 0.05) is 92.1 Å². The number of amides is 8. The summed E-state index contributed by atoms with van der Waals surface area (Å²) in [4.78, 5) is 119. The maximum atomic E-state index is 13.4. The molecule has 124 heavy (non-hydrogen) atoms. The smallest absolute Gasteiger partial charge is 0.355 e. The second-order valence-electron chi connectivity index (χ2n) is 27.6. The zero-order chi connectivity index (χ0) is 91.5. The zero-order valence-electron chi connectivity index (χ0n) is 66.3. The number of halogens is 16. The van der Waals surface area contributed by atoms with Gasteiger partial charge in [0.25, 0.3) is 47.3 Å². The average molecular weight is 2170 g/mol. The Bertz CT molecular complexity index is 6140. The Kier molecular flexibility index (Phi) is 32.8. The molecule has 0 aliphatic carbocycles.